The zero-order valence-electron chi connectivity index (χ0n) is 13.5. The molecule has 1 unspecified atom stereocenters. The number of nitrogens with zero attached hydrogens (tertiary/aromatic N) is 2. The first-order chi connectivity index (χ1) is 10.2. The van der Waals surface area contributed by atoms with Crippen molar-refractivity contribution in [1.82, 2.24) is 9.88 Å². The quantitative estimate of drug-likeness (QED) is 0.789. The van der Waals surface area contributed by atoms with E-state index < -0.39 is 0 Å². The van der Waals surface area contributed by atoms with Gasteiger partial charge < -0.3 is 10.2 Å². The second kappa shape index (κ2) is 7.99. The summed E-state index contributed by atoms with van der Waals surface area (Å²) < 4.78 is 0. The summed E-state index contributed by atoms with van der Waals surface area (Å²) in [5, 5.41) is 4.84. The van der Waals surface area contributed by atoms with Crippen LogP contribution < -0.4 is 5.32 Å². The Labute approximate surface area is 128 Å². The SMILES string of the molecule is CCN(CC)CCCC(C)Nc1ccnc2ccccc12. The molecule has 0 amide bonds. The van der Waals surface area contributed by atoms with Gasteiger partial charge in [-0.25, -0.2) is 0 Å². The third kappa shape index (κ3) is 4.43. The third-order valence-electron chi connectivity index (χ3n) is 4.06. The summed E-state index contributed by atoms with van der Waals surface area (Å²) in [6.45, 7) is 10.2. The van der Waals surface area contributed by atoms with Crippen LogP contribution in [0.5, 0.6) is 0 Å². The fraction of sp³-hybridized carbons (Fsp3) is 0.500. The maximum atomic E-state index is 4.41. The molecule has 1 N–H and O–H groups in total. The molecule has 2 rings (SSSR count). The van der Waals surface area contributed by atoms with Gasteiger partial charge in [-0.1, -0.05) is 32.0 Å². The molecule has 1 heterocycles. The molecular weight excluding hydrogens is 258 g/mol. The Morgan fingerprint density at radius 3 is 2.67 bits per heavy atom. The molecule has 0 aliphatic rings. The Hall–Kier alpha value is -1.61. The van der Waals surface area contributed by atoms with Gasteiger partial charge in [0.1, 0.15) is 0 Å². The van der Waals surface area contributed by atoms with E-state index in [1.807, 2.05) is 12.3 Å². The summed E-state index contributed by atoms with van der Waals surface area (Å²) in [6, 6.07) is 10.8. The Kier molecular flexibility index (Phi) is 6.00. The van der Waals surface area contributed by atoms with Crippen LogP contribution in [0.25, 0.3) is 10.9 Å². The van der Waals surface area contributed by atoms with Crippen LogP contribution in [-0.4, -0.2) is 35.6 Å². The van der Waals surface area contributed by atoms with E-state index in [4.69, 9.17) is 0 Å². The lowest BCUT2D eigenvalue weighted by Gasteiger charge is -2.20. The number of aromatic nitrogens is 1. The molecule has 0 spiro atoms. The van der Waals surface area contributed by atoms with Crippen LogP contribution in [0, 0.1) is 0 Å². The lowest BCUT2D eigenvalue weighted by molar-refractivity contribution is 0.295. The predicted octanol–water partition coefficient (Wildman–Crippen LogP) is 4.16. The van der Waals surface area contributed by atoms with Crippen molar-refractivity contribution in [2.75, 3.05) is 25.0 Å². The van der Waals surface area contributed by atoms with E-state index in [0.29, 0.717) is 6.04 Å². The molecule has 0 aliphatic carbocycles. The summed E-state index contributed by atoms with van der Waals surface area (Å²) >= 11 is 0. The Bertz CT molecular complexity index is 544. The molecule has 2 aromatic rings. The second-order valence-electron chi connectivity index (χ2n) is 5.59. The molecule has 3 heteroatoms. The van der Waals surface area contributed by atoms with E-state index in [9.17, 15) is 0 Å². The highest BCUT2D eigenvalue weighted by atomic mass is 15.1. The predicted molar refractivity (Wildman–Crippen MR) is 91.8 cm³/mol. The zero-order valence-corrected chi connectivity index (χ0v) is 13.5. The normalized spacial score (nSPS) is 12.8. The summed E-state index contributed by atoms with van der Waals surface area (Å²) in [6.07, 6.45) is 4.30. The molecule has 0 saturated heterocycles. The number of hydrogen-bond donors (Lipinski definition) is 1. The molecule has 0 radical (unpaired) electrons. The van der Waals surface area contributed by atoms with Crippen molar-refractivity contribution in [3.8, 4) is 0 Å². The van der Waals surface area contributed by atoms with E-state index in [-0.39, 0.29) is 0 Å². The average Bonchev–Trinajstić information content (AvgIpc) is 2.52. The Balaban J connectivity index is 1.91. The van der Waals surface area contributed by atoms with E-state index in [1.54, 1.807) is 0 Å². The van der Waals surface area contributed by atoms with Crippen molar-refractivity contribution in [1.29, 1.82) is 0 Å². The minimum absolute atomic E-state index is 0.478. The summed E-state index contributed by atoms with van der Waals surface area (Å²) in [5.41, 5.74) is 2.24. The van der Waals surface area contributed by atoms with Crippen molar-refractivity contribution in [3.05, 3.63) is 36.5 Å². The fourth-order valence-corrected chi connectivity index (χ4v) is 2.72. The molecule has 21 heavy (non-hydrogen) atoms. The summed E-state index contributed by atoms with van der Waals surface area (Å²) in [7, 11) is 0. The standard InChI is InChI=1S/C18H27N3/c1-4-21(5-2)14-8-9-15(3)20-18-12-13-19-17-11-7-6-10-16(17)18/h6-7,10-13,15H,4-5,8-9,14H2,1-3H3,(H,19,20). The first kappa shape index (κ1) is 15.8. The number of benzene rings is 1. The highest BCUT2D eigenvalue weighted by molar-refractivity contribution is 5.90. The van der Waals surface area contributed by atoms with Crippen molar-refractivity contribution in [2.24, 2.45) is 0 Å². The van der Waals surface area contributed by atoms with Crippen molar-refractivity contribution in [3.63, 3.8) is 0 Å². The van der Waals surface area contributed by atoms with Gasteiger partial charge in [0, 0.05) is 23.3 Å². The largest absolute Gasteiger partial charge is 0.382 e. The maximum Gasteiger partial charge on any atom is 0.0722 e. The van der Waals surface area contributed by atoms with Gasteiger partial charge in [-0.05, 0) is 51.5 Å². The van der Waals surface area contributed by atoms with E-state index in [2.05, 4.69) is 60.2 Å². The van der Waals surface area contributed by atoms with Crippen LogP contribution in [0.2, 0.25) is 0 Å². The third-order valence-corrected chi connectivity index (χ3v) is 4.06. The summed E-state index contributed by atoms with van der Waals surface area (Å²) in [4.78, 5) is 6.89. The number of pyridine rings is 1. The molecule has 1 atom stereocenters. The topological polar surface area (TPSA) is 28.2 Å². The average molecular weight is 285 g/mol. The molecule has 0 fully saturated rings. The molecule has 0 bridgehead atoms. The molecule has 1 aromatic heterocycles. The highest BCUT2D eigenvalue weighted by Gasteiger charge is 2.06. The van der Waals surface area contributed by atoms with Gasteiger partial charge in [0.2, 0.25) is 0 Å². The van der Waals surface area contributed by atoms with Crippen LogP contribution >= 0.6 is 0 Å². The highest BCUT2D eigenvalue weighted by Crippen LogP contribution is 2.22. The van der Waals surface area contributed by atoms with Gasteiger partial charge >= 0.3 is 0 Å². The molecule has 3 nitrogen and oxygen atoms in total. The Morgan fingerprint density at radius 1 is 1.14 bits per heavy atom. The first-order valence-corrected chi connectivity index (χ1v) is 8.07. The lowest BCUT2D eigenvalue weighted by atomic mass is 10.1. The first-order valence-electron chi connectivity index (χ1n) is 8.07. The van der Waals surface area contributed by atoms with Crippen molar-refractivity contribution in [2.45, 2.75) is 39.7 Å². The number of para-hydroxylation sites is 1. The molecule has 114 valence electrons. The van der Waals surface area contributed by atoms with Gasteiger partial charge in [-0.3, -0.25) is 4.98 Å². The van der Waals surface area contributed by atoms with Gasteiger partial charge in [0.25, 0.3) is 0 Å². The van der Waals surface area contributed by atoms with Crippen LogP contribution in [0.15, 0.2) is 36.5 Å². The smallest absolute Gasteiger partial charge is 0.0722 e. The van der Waals surface area contributed by atoms with Crippen LogP contribution in [0.3, 0.4) is 0 Å². The molecular formula is C18H27N3. The minimum Gasteiger partial charge on any atom is -0.382 e. The second-order valence-corrected chi connectivity index (χ2v) is 5.59. The van der Waals surface area contributed by atoms with E-state index >= 15 is 0 Å². The maximum absolute atomic E-state index is 4.41. The number of hydrogen-bond acceptors (Lipinski definition) is 3. The molecule has 0 saturated carbocycles. The van der Waals surface area contributed by atoms with Gasteiger partial charge in [-0.15, -0.1) is 0 Å². The van der Waals surface area contributed by atoms with Gasteiger partial charge in [0.15, 0.2) is 0 Å². The van der Waals surface area contributed by atoms with Gasteiger partial charge in [-0.2, -0.15) is 0 Å². The Morgan fingerprint density at radius 2 is 1.90 bits per heavy atom. The van der Waals surface area contributed by atoms with Gasteiger partial charge in [0.05, 0.1) is 5.52 Å². The number of fused-ring (bicyclic) bond motifs is 1. The lowest BCUT2D eigenvalue weighted by Crippen LogP contribution is -2.25. The molecule has 1 aromatic carbocycles. The van der Waals surface area contributed by atoms with Crippen molar-refractivity contribution < 1.29 is 0 Å². The number of nitrogens with one attached hydrogen (secondary N) is 1. The van der Waals surface area contributed by atoms with E-state index in [0.717, 1.165) is 18.6 Å². The fourth-order valence-electron chi connectivity index (χ4n) is 2.72. The number of rotatable bonds is 8. The van der Waals surface area contributed by atoms with Crippen LogP contribution in [0.1, 0.15) is 33.6 Å². The van der Waals surface area contributed by atoms with Crippen LogP contribution in [0.4, 0.5) is 5.69 Å². The van der Waals surface area contributed by atoms with Crippen molar-refractivity contribution >= 4 is 16.6 Å². The molecule has 0 aliphatic heterocycles. The minimum atomic E-state index is 0.478. The van der Waals surface area contributed by atoms with Crippen LogP contribution in [-0.2, 0) is 0 Å². The zero-order chi connectivity index (χ0) is 15.1. The monoisotopic (exact) mass is 285 g/mol. The number of anilines is 1. The summed E-state index contributed by atoms with van der Waals surface area (Å²) in [5.74, 6) is 0. The van der Waals surface area contributed by atoms with E-state index in [1.165, 1.54) is 30.5 Å².